The van der Waals surface area contributed by atoms with E-state index in [1.807, 2.05) is 31.3 Å². The fourth-order valence-electron chi connectivity index (χ4n) is 1.35. The van der Waals surface area contributed by atoms with Crippen LogP contribution in [0.1, 0.15) is 15.9 Å². The maximum atomic E-state index is 10.5. The summed E-state index contributed by atoms with van der Waals surface area (Å²) in [6, 6.07) is 5.63. The van der Waals surface area contributed by atoms with Crippen LogP contribution in [-0.4, -0.2) is 11.3 Å². The molecule has 0 aliphatic carbocycles. The molecule has 12 heavy (non-hydrogen) atoms. The molecule has 0 fully saturated rings. The van der Waals surface area contributed by atoms with Gasteiger partial charge in [-0.1, -0.05) is 0 Å². The van der Waals surface area contributed by atoms with Crippen molar-refractivity contribution in [1.82, 2.24) is 4.98 Å². The largest absolute Gasteiger partial charge is 0.361 e. The van der Waals surface area contributed by atoms with E-state index >= 15 is 0 Å². The summed E-state index contributed by atoms with van der Waals surface area (Å²) in [7, 11) is 0. The normalized spacial score (nSPS) is 10.4. The molecule has 1 N–H and O–H groups in total. The van der Waals surface area contributed by atoms with Gasteiger partial charge < -0.3 is 4.98 Å². The van der Waals surface area contributed by atoms with E-state index in [1.165, 1.54) is 5.56 Å². The fourth-order valence-corrected chi connectivity index (χ4v) is 1.35. The molecule has 1 heterocycles. The minimum Gasteiger partial charge on any atom is -0.361 e. The van der Waals surface area contributed by atoms with Crippen molar-refractivity contribution in [3.63, 3.8) is 0 Å². The molecule has 2 heteroatoms. The van der Waals surface area contributed by atoms with Crippen LogP contribution < -0.4 is 0 Å². The third-order valence-electron chi connectivity index (χ3n) is 2.05. The van der Waals surface area contributed by atoms with Crippen molar-refractivity contribution in [3.05, 3.63) is 35.5 Å². The third kappa shape index (κ3) is 0.925. The minimum absolute atomic E-state index is 0.727. The molecule has 2 rings (SSSR count). The number of rotatable bonds is 1. The molecule has 2 nitrogen and oxygen atoms in total. The number of nitrogens with one attached hydrogen (secondary N) is 1. The van der Waals surface area contributed by atoms with Crippen molar-refractivity contribution in [3.8, 4) is 0 Å². The lowest BCUT2D eigenvalue weighted by Gasteiger charge is -1.92. The Bertz CT molecular complexity index is 428. The summed E-state index contributed by atoms with van der Waals surface area (Å²) >= 11 is 0. The number of fused-ring (bicyclic) bond motifs is 1. The van der Waals surface area contributed by atoms with Gasteiger partial charge in [0.05, 0.1) is 0 Å². The molecule has 60 valence electrons. The van der Waals surface area contributed by atoms with Gasteiger partial charge in [0.25, 0.3) is 0 Å². The molecule has 0 amide bonds. The molecule has 1 aromatic carbocycles. The summed E-state index contributed by atoms with van der Waals surface area (Å²) in [6.07, 6.45) is 2.81. The van der Waals surface area contributed by atoms with E-state index in [0.29, 0.717) is 0 Å². The number of aryl methyl sites for hydroxylation is 1. The zero-order valence-corrected chi connectivity index (χ0v) is 6.79. The first-order valence-electron chi connectivity index (χ1n) is 3.84. The van der Waals surface area contributed by atoms with Crippen LogP contribution in [0, 0.1) is 6.92 Å². The van der Waals surface area contributed by atoms with Gasteiger partial charge in [-0.15, -0.1) is 0 Å². The molecule has 0 unspecified atom stereocenters. The predicted molar refractivity (Wildman–Crippen MR) is 48.4 cm³/mol. The van der Waals surface area contributed by atoms with Crippen LogP contribution in [0.5, 0.6) is 0 Å². The Morgan fingerprint density at radius 3 is 3.00 bits per heavy atom. The Balaban J connectivity index is 2.79. The van der Waals surface area contributed by atoms with Gasteiger partial charge in [0.1, 0.15) is 6.29 Å². The lowest BCUT2D eigenvalue weighted by atomic mass is 10.1. The van der Waals surface area contributed by atoms with Crippen LogP contribution >= 0.6 is 0 Å². The molecule has 0 radical (unpaired) electrons. The maximum Gasteiger partial charge on any atom is 0.150 e. The highest BCUT2D eigenvalue weighted by molar-refractivity contribution is 5.89. The predicted octanol–water partition coefficient (Wildman–Crippen LogP) is 2.29. The monoisotopic (exact) mass is 159 g/mol. The smallest absolute Gasteiger partial charge is 0.150 e. The highest BCUT2D eigenvalue weighted by atomic mass is 16.1. The van der Waals surface area contributed by atoms with Crippen molar-refractivity contribution < 1.29 is 4.79 Å². The Labute approximate surface area is 70.2 Å². The number of benzene rings is 1. The minimum atomic E-state index is 0.727. The number of hydrogen-bond acceptors (Lipinski definition) is 1. The zero-order chi connectivity index (χ0) is 8.55. The summed E-state index contributed by atoms with van der Waals surface area (Å²) < 4.78 is 0. The lowest BCUT2D eigenvalue weighted by Crippen LogP contribution is -1.78. The van der Waals surface area contributed by atoms with Crippen molar-refractivity contribution in [2.75, 3.05) is 0 Å². The van der Waals surface area contributed by atoms with E-state index in [9.17, 15) is 4.79 Å². The van der Waals surface area contributed by atoms with Crippen LogP contribution in [0.3, 0.4) is 0 Å². The number of H-pyrrole nitrogens is 1. The first kappa shape index (κ1) is 7.10. The van der Waals surface area contributed by atoms with Gasteiger partial charge >= 0.3 is 0 Å². The van der Waals surface area contributed by atoms with Crippen molar-refractivity contribution in [2.45, 2.75) is 6.92 Å². The second kappa shape index (κ2) is 2.48. The first-order valence-corrected chi connectivity index (χ1v) is 3.84. The second-order valence-corrected chi connectivity index (χ2v) is 2.89. The first-order chi connectivity index (χ1) is 5.81. The van der Waals surface area contributed by atoms with Gasteiger partial charge in [-0.2, -0.15) is 0 Å². The number of aldehydes is 1. The third-order valence-corrected chi connectivity index (χ3v) is 2.05. The summed E-state index contributed by atoms with van der Waals surface area (Å²) in [5, 5.41) is 1.12. The van der Waals surface area contributed by atoms with E-state index in [0.717, 1.165) is 22.8 Å². The van der Waals surface area contributed by atoms with Crippen LogP contribution in [0.15, 0.2) is 24.4 Å². The van der Waals surface area contributed by atoms with Crippen LogP contribution in [0.2, 0.25) is 0 Å². The average Bonchev–Trinajstić information content (AvgIpc) is 2.47. The van der Waals surface area contributed by atoms with Crippen LogP contribution in [-0.2, 0) is 0 Å². The SMILES string of the molecule is Cc1c[nH]c2ccc(C=O)cc12. The summed E-state index contributed by atoms with van der Waals surface area (Å²) in [5.41, 5.74) is 2.98. The van der Waals surface area contributed by atoms with E-state index in [-0.39, 0.29) is 0 Å². The molecule has 0 atom stereocenters. The number of aromatic nitrogens is 1. The van der Waals surface area contributed by atoms with Crippen molar-refractivity contribution in [1.29, 1.82) is 0 Å². The van der Waals surface area contributed by atoms with Crippen LogP contribution in [0.4, 0.5) is 0 Å². The van der Waals surface area contributed by atoms with E-state index in [4.69, 9.17) is 0 Å². The Hall–Kier alpha value is -1.57. The molecular weight excluding hydrogens is 150 g/mol. The number of hydrogen-bond donors (Lipinski definition) is 1. The summed E-state index contributed by atoms with van der Waals surface area (Å²) in [4.78, 5) is 13.6. The average molecular weight is 159 g/mol. The standard InChI is InChI=1S/C10H9NO/c1-7-5-11-10-3-2-8(6-12)4-9(7)10/h2-6,11H,1H3. The molecule has 0 saturated carbocycles. The van der Waals surface area contributed by atoms with Gasteiger partial charge in [-0.3, -0.25) is 4.79 Å². The summed E-state index contributed by atoms with van der Waals surface area (Å²) in [5.74, 6) is 0. The Morgan fingerprint density at radius 1 is 1.42 bits per heavy atom. The maximum absolute atomic E-state index is 10.5. The Morgan fingerprint density at radius 2 is 2.25 bits per heavy atom. The zero-order valence-electron chi connectivity index (χ0n) is 6.79. The van der Waals surface area contributed by atoms with Gasteiger partial charge in [0.15, 0.2) is 0 Å². The Kier molecular flexibility index (Phi) is 1.47. The van der Waals surface area contributed by atoms with Crippen LogP contribution in [0.25, 0.3) is 10.9 Å². The van der Waals surface area contributed by atoms with Crippen molar-refractivity contribution in [2.24, 2.45) is 0 Å². The quantitative estimate of drug-likeness (QED) is 0.636. The summed E-state index contributed by atoms with van der Waals surface area (Å²) in [6.45, 7) is 2.02. The fraction of sp³-hybridized carbons (Fsp3) is 0.100. The van der Waals surface area contributed by atoms with Gasteiger partial charge in [-0.05, 0) is 30.7 Å². The highest BCUT2D eigenvalue weighted by Gasteiger charge is 1.99. The molecule has 0 saturated heterocycles. The topological polar surface area (TPSA) is 32.9 Å². The molecule has 0 aliphatic rings. The highest BCUT2D eigenvalue weighted by Crippen LogP contribution is 2.17. The number of aromatic amines is 1. The molecular formula is C10H9NO. The number of carbonyl (C=O) groups excluding carboxylic acids is 1. The molecule has 0 aliphatic heterocycles. The number of carbonyl (C=O) groups is 1. The van der Waals surface area contributed by atoms with Gasteiger partial charge in [-0.25, -0.2) is 0 Å². The van der Waals surface area contributed by atoms with Gasteiger partial charge in [0, 0.05) is 22.7 Å². The molecule has 2 aromatic rings. The molecule has 0 bridgehead atoms. The lowest BCUT2D eigenvalue weighted by molar-refractivity contribution is 0.112. The van der Waals surface area contributed by atoms with Gasteiger partial charge in [0.2, 0.25) is 0 Å². The van der Waals surface area contributed by atoms with E-state index in [2.05, 4.69) is 4.98 Å². The molecule has 0 spiro atoms. The molecule has 1 aromatic heterocycles. The van der Waals surface area contributed by atoms with E-state index < -0.39 is 0 Å². The second-order valence-electron chi connectivity index (χ2n) is 2.89. The van der Waals surface area contributed by atoms with E-state index in [1.54, 1.807) is 0 Å². The van der Waals surface area contributed by atoms with Crippen molar-refractivity contribution >= 4 is 17.2 Å².